The van der Waals surface area contributed by atoms with E-state index in [0.717, 1.165) is 4.31 Å². The normalized spacial score (nSPS) is 11.6. The monoisotopic (exact) mass is 446 g/mol. The van der Waals surface area contributed by atoms with Crippen LogP contribution in [-0.2, 0) is 19.6 Å². The minimum absolute atomic E-state index is 0.0471. The number of carbonyl (C=O) groups is 2. The second kappa shape index (κ2) is 9.65. The molecule has 0 radical (unpaired) electrons. The van der Waals surface area contributed by atoms with Crippen LogP contribution in [0.3, 0.4) is 0 Å². The predicted octanol–water partition coefficient (Wildman–Crippen LogP) is 2.72. The Kier molecular flexibility index (Phi) is 7.46. The van der Waals surface area contributed by atoms with Crippen LogP contribution in [-0.4, -0.2) is 60.9 Å². The molecule has 0 amide bonds. The molecule has 0 unspecified atom stereocenters. The van der Waals surface area contributed by atoms with E-state index >= 15 is 0 Å². The summed E-state index contributed by atoms with van der Waals surface area (Å²) >= 11 is 0. The molecular formula is C22H26N2O6S. The zero-order valence-electron chi connectivity index (χ0n) is 18.4. The number of rotatable bonds is 8. The fraction of sp³-hybridized carbons (Fsp3) is 0.273. The molecule has 31 heavy (non-hydrogen) atoms. The summed E-state index contributed by atoms with van der Waals surface area (Å²) in [6, 6.07) is 9.16. The number of hydrogen-bond donors (Lipinski definition) is 0. The van der Waals surface area contributed by atoms with E-state index in [2.05, 4.69) is 0 Å². The number of aryl methyl sites for hydroxylation is 1. The fourth-order valence-electron chi connectivity index (χ4n) is 3.04. The first-order valence-corrected chi connectivity index (χ1v) is 10.7. The number of allylic oxidation sites excluding steroid dienone is 1. The molecule has 0 N–H and O–H groups in total. The molecule has 0 saturated carbocycles. The molecule has 2 aromatic carbocycles. The zero-order valence-corrected chi connectivity index (χ0v) is 19.2. The summed E-state index contributed by atoms with van der Waals surface area (Å²) in [6.07, 6.45) is 2.30. The lowest BCUT2D eigenvalue weighted by Gasteiger charge is -2.24. The number of ether oxygens (including phenoxy) is 2. The number of sulfonamides is 1. The van der Waals surface area contributed by atoms with Crippen molar-refractivity contribution in [3.05, 3.63) is 58.8 Å². The first kappa shape index (κ1) is 23.9. The molecule has 9 heteroatoms. The van der Waals surface area contributed by atoms with Gasteiger partial charge < -0.3 is 14.4 Å². The van der Waals surface area contributed by atoms with Gasteiger partial charge in [0.05, 0.1) is 36.1 Å². The molecule has 0 aromatic heterocycles. The number of hydrogen-bond acceptors (Lipinski definition) is 7. The van der Waals surface area contributed by atoms with Crippen LogP contribution in [0.25, 0.3) is 6.08 Å². The molecule has 8 nitrogen and oxygen atoms in total. The lowest BCUT2D eigenvalue weighted by atomic mass is 10.0. The van der Waals surface area contributed by atoms with E-state index in [1.54, 1.807) is 50.2 Å². The second-order valence-electron chi connectivity index (χ2n) is 6.96. The maximum absolute atomic E-state index is 13.2. The van der Waals surface area contributed by atoms with Gasteiger partial charge in [-0.25, -0.2) is 13.2 Å². The molecule has 0 aliphatic rings. The van der Waals surface area contributed by atoms with Crippen molar-refractivity contribution < 1.29 is 27.5 Å². The number of aldehydes is 1. The number of carbonyl (C=O) groups excluding carboxylic acids is 2. The van der Waals surface area contributed by atoms with Crippen LogP contribution in [0.1, 0.15) is 21.5 Å². The van der Waals surface area contributed by atoms with E-state index < -0.39 is 16.0 Å². The third-order valence-electron chi connectivity index (χ3n) is 4.71. The largest absolute Gasteiger partial charge is 0.497 e. The molecule has 2 rings (SSSR count). The number of methoxy groups -OCH3 is 2. The van der Waals surface area contributed by atoms with Gasteiger partial charge in [0.25, 0.3) is 10.0 Å². The molecule has 0 spiro atoms. The van der Waals surface area contributed by atoms with Gasteiger partial charge in [0.1, 0.15) is 5.75 Å². The molecule has 0 atom stereocenters. The third-order valence-corrected chi connectivity index (χ3v) is 6.48. The Bertz CT molecular complexity index is 1110. The van der Waals surface area contributed by atoms with E-state index in [9.17, 15) is 18.0 Å². The van der Waals surface area contributed by atoms with E-state index in [0.29, 0.717) is 28.9 Å². The van der Waals surface area contributed by atoms with E-state index in [4.69, 9.17) is 9.47 Å². The molecule has 0 heterocycles. The van der Waals surface area contributed by atoms with Crippen molar-refractivity contribution in [2.45, 2.75) is 11.8 Å². The van der Waals surface area contributed by atoms with Gasteiger partial charge in [-0.1, -0.05) is 0 Å². The van der Waals surface area contributed by atoms with Gasteiger partial charge in [0.2, 0.25) is 0 Å². The zero-order chi connectivity index (χ0) is 23.3. The Balaban J connectivity index is 2.65. The molecule has 2 aromatic rings. The smallest absolute Gasteiger partial charge is 0.340 e. The Morgan fingerprint density at radius 2 is 1.65 bits per heavy atom. The standard InChI is InChI=1S/C22H26N2O6S/c1-15-11-16(12-17(14-25)23(2)3)13-20(22(26)30-6)21(15)24(4)31(27,28)19-9-7-18(29-5)8-10-19/h7-14H,1-6H3. The lowest BCUT2D eigenvalue weighted by molar-refractivity contribution is -0.105. The number of esters is 1. The summed E-state index contributed by atoms with van der Waals surface area (Å²) in [7, 11) is 3.56. The number of anilines is 1. The maximum Gasteiger partial charge on any atom is 0.340 e. The van der Waals surface area contributed by atoms with Crippen LogP contribution in [0.5, 0.6) is 5.75 Å². The maximum atomic E-state index is 13.2. The highest BCUT2D eigenvalue weighted by molar-refractivity contribution is 7.92. The summed E-state index contributed by atoms with van der Waals surface area (Å²) in [6.45, 7) is 1.69. The number of nitrogens with zero attached hydrogens (tertiary/aromatic N) is 2. The van der Waals surface area contributed by atoms with Crippen molar-refractivity contribution in [3.63, 3.8) is 0 Å². The quantitative estimate of drug-likeness (QED) is 0.350. The van der Waals surface area contributed by atoms with Crippen LogP contribution in [0.2, 0.25) is 0 Å². The van der Waals surface area contributed by atoms with Crippen molar-refractivity contribution >= 4 is 34.0 Å². The number of benzene rings is 2. The Morgan fingerprint density at radius 1 is 1.03 bits per heavy atom. The van der Waals surface area contributed by atoms with Gasteiger partial charge in [-0.15, -0.1) is 0 Å². The van der Waals surface area contributed by atoms with Crippen LogP contribution in [0.4, 0.5) is 5.69 Å². The van der Waals surface area contributed by atoms with Crippen molar-refractivity contribution in [1.29, 1.82) is 0 Å². The van der Waals surface area contributed by atoms with Crippen LogP contribution < -0.4 is 9.04 Å². The summed E-state index contributed by atoms with van der Waals surface area (Å²) < 4.78 is 37.4. The van der Waals surface area contributed by atoms with Crippen molar-refractivity contribution in [1.82, 2.24) is 4.90 Å². The van der Waals surface area contributed by atoms with Gasteiger partial charge in [-0.05, 0) is 60.5 Å². The third kappa shape index (κ3) is 5.05. The summed E-state index contributed by atoms with van der Waals surface area (Å²) in [4.78, 5) is 25.5. The van der Waals surface area contributed by atoms with Crippen LogP contribution in [0, 0.1) is 6.92 Å². The lowest BCUT2D eigenvalue weighted by Crippen LogP contribution is -2.29. The predicted molar refractivity (Wildman–Crippen MR) is 119 cm³/mol. The highest BCUT2D eigenvalue weighted by atomic mass is 32.2. The summed E-state index contributed by atoms with van der Waals surface area (Å²) in [5.74, 6) is -0.168. The minimum atomic E-state index is -3.97. The molecule has 0 aliphatic carbocycles. The molecule has 0 bridgehead atoms. The topological polar surface area (TPSA) is 93.2 Å². The fourth-order valence-corrected chi connectivity index (χ4v) is 4.32. The van der Waals surface area contributed by atoms with Gasteiger partial charge >= 0.3 is 5.97 Å². The van der Waals surface area contributed by atoms with E-state index in [-0.39, 0.29) is 16.1 Å². The Labute approximate surface area is 182 Å². The van der Waals surface area contributed by atoms with E-state index in [1.165, 1.54) is 39.5 Å². The molecular weight excluding hydrogens is 420 g/mol. The van der Waals surface area contributed by atoms with Crippen LogP contribution in [0.15, 0.2) is 47.0 Å². The second-order valence-corrected chi connectivity index (χ2v) is 8.92. The Hall–Kier alpha value is -3.33. The number of likely N-dealkylation sites (N-methyl/N-ethyl adjacent to an activating group) is 1. The van der Waals surface area contributed by atoms with Crippen LogP contribution >= 0.6 is 0 Å². The van der Waals surface area contributed by atoms with Crippen molar-refractivity contribution in [2.24, 2.45) is 0 Å². The highest BCUT2D eigenvalue weighted by Crippen LogP contribution is 2.32. The van der Waals surface area contributed by atoms with Crippen molar-refractivity contribution in [2.75, 3.05) is 39.7 Å². The molecule has 0 aliphatic heterocycles. The van der Waals surface area contributed by atoms with Gasteiger partial charge in [-0.2, -0.15) is 0 Å². The average molecular weight is 447 g/mol. The summed E-state index contributed by atoms with van der Waals surface area (Å²) in [5, 5.41) is 0. The van der Waals surface area contributed by atoms with E-state index in [1.807, 2.05) is 0 Å². The Morgan fingerprint density at radius 3 is 2.13 bits per heavy atom. The summed E-state index contributed by atoms with van der Waals surface area (Å²) in [5.41, 5.74) is 1.74. The molecule has 0 fully saturated rings. The molecule has 166 valence electrons. The first-order valence-electron chi connectivity index (χ1n) is 9.27. The van der Waals surface area contributed by atoms with Gasteiger partial charge in [0, 0.05) is 21.1 Å². The average Bonchev–Trinajstić information content (AvgIpc) is 2.75. The van der Waals surface area contributed by atoms with Gasteiger partial charge in [-0.3, -0.25) is 9.10 Å². The molecule has 0 saturated heterocycles. The minimum Gasteiger partial charge on any atom is -0.497 e. The highest BCUT2D eigenvalue weighted by Gasteiger charge is 2.27. The van der Waals surface area contributed by atoms with Crippen molar-refractivity contribution in [3.8, 4) is 5.75 Å². The SMILES string of the molecule is COC(=O)c1cc(C=C(C=O)N(C)C)cc(C)c1N(C)S(=O)(=O)c1ccc(OC)cc1. The first-order chi connectivity index (χ1) is 14.6. The van der Waals surface area contributed by atoms with Gasteiger partial charge in [0.15, 0.2) is 6.29 Å².